The molecule has 0 spiro atoms. The summed E-state index contributed by atoms with van der Waals surface area (Å²) in [4.78, 5) is 26.2. The molecular formula is C17H10Cl3NO2S. The lowest BCUT2D eigenvalue weighted by Gasteiger charge is -2.13. The number of carbonyl (C=O) groups is 2. The summed E-state index contributed by atoms with van der Waals surface area (Å²) in [6.45, 7) is 0.0977. The topological polar surface area (TPSA) is 37.4 Å². The molecule has 2 aromatic carbocycles. The van der Waals surface area contributed by atoms with Crippen LogP contribution in [0.2, 0.25) is 15.1 Å². The quantitative estimate of drug-likeness (QED) is 0.606. The summed E-state index contributed by atoms with van der Waals surface area (Å²) in [5.41, 5.74) is 1.34. The summed E-state index contributed by atoms with van der Waals surface area (Å²) in [7, 11) is 0. The number of amides is 2. The number of thioether (sulfide) groups is 1. The van der Waals surface area contributed by atoms with Crippen molar-refractivity contribution in [3.8, 4) is 0 Å². The lowest BCUT2D eigenvalue weighted by atomic mass is 10.2. The van der Waals surface area contributed by atoms with Crippen LogP contribution in [0.5, 0.6) is 0 Å². The van der Waals surface area contributed by atoms with Crippen LogP contribution >= 0.6 is 46.6 Å². The Bertz CT molecular complexity index is 867. The Balaban J connectivity index is 1.85. The van der Waals surface area contributed by atoms with Crippen LogP contribution in [0.15, 0.2) is 47.4 Å². The summed E-state index contributed by atoms with van der Waals surface area (Å²) < 4.78 is 0. The van der Waals surface area contributed by atoms with Gasteiger partial charge < -0.3 is 0 Å². The van der Waals surface area contributed by atoms with Crippen LogP contribution in [-0.2, 0) is 11.3 Å². The number of halogens is 3. The van der Waals surface area contributed by atoms with E-state index in [0.717, 1.165) is 16.7 Å². The molecular weight excluding hydrogens is 389 g/mol. The lowest BCUT2D eigenvalue weighted by Crippen LogP contribution is -2.27. The van der Waals surface area contributed by atoms with Crippen molar-refractivity contribution in [1.29, 1.82) is 0 Å². The van der Waals surface area contributed by atoms with Crippen LogP contribution in [0.3, 0.4) is 0 Å². The van der Waals surface area contributed by atoms with Crippen molar-refractivity contribution in [3.05, 3.63) is 73.6 Å². The van der Waals surface area contributed by atoms with Crippen molar-refractivity contribution >= 4 is 63.8 Å². The van der Waals surface area contributed by atoms with Gasteiger partial charge in [0.05, 0.1) is 11.4 Å². The van der Waals surface area contributed by atoms with E-state index in [1.807, 2.05) is 6.07 Å². The van der Waals surface area contributed by atoms with E-state index < -0.39 is 0 Å². The average molecular weight is 399 g/mol. The van der Waals surface area contributed by atoms with Crippen molar-refractivity contribution in [1.82, 2.24) is 4.90 Å². The molecule has 1 saturated heterocycles. The highest BCUT2D eigenvalue weighted by Crippen LogP contribution is 2.35. The van der Waals surface area contributed by atoms with Gasteiger partial charge in [-0.3, -0.25) is 14.5 Å². The first-order chi connectivity index (χ1) is 11.5. The summed E-state index contributed by atoms with van der Waals surface area (Å²) in [5, 5.41) is 1.09. The zero-order valence-electron chi connectivity index (χ0n) is 12.1. The molecule has 0 unspecified atom stereocenters. The second-order valence-electron chi connectivity index (χ2n) is 5.03. The molecule has 1 aliphatic rings. The van der Waals surface area contributed by atoms with Gasteiger partial charge in [0.1, 0.15) is 0 Å². The molecule has 0 aliphatic carbocycles. The zero-order chi connectivity index (χ0) is 17.3. The maximum Gasteiger partial charge on any atom is 0.293 e. The minimum absolute atomic E-state index is 0.0977. The van der Waals surface area contributed by atoms with E-state index in [1.54, 1.807) is 42.5 Å². The first kappa shape index (κ1) is 17.4. The third-order valence-corrected chi connectivity index (χ3v) is 5.25. The van der Waals surface area contributed by atoms with E-state index in [4.69, 9.17) is 34.8 Å². The number of imide groups is 1. The van der Waals surface area contributed by atoms with Crippen molar-refractivity contribution in [2.24, 2.45) is 0 Å². The van der Waals surface area contributed by atoms with Crippen LogP contribution in [-0.4, -0.2) is 16.0 Å². The Labute approximate surface area is 158 Å². The summed E-state index contributed by atoms with van der Waals surface area (Å²) in [6.07, 6.45) is 1.62. The van der Waals surface area contributed by atoms with Crippen LogP contribution in [0.1, 0.15) is 11.1 Å². The van der Waals surface area contributed by atoms with Gasteiger partial charge in [-0.15, -0.1) is 0 Å². The van der Waals surface area contributed by atoms with Crippen molar-refractivity contribution < 1.29 is 9.59 Å². The molecule has 0 bridgehead atoms. The third kappa shape index (κ3) is 3.62. The molecule has 0 radical (unpaired) electrons. The van der Waals surface area contributed by atoms with Crippen LogP contribution in [0.25, 0.3) is 6.08 Å². The Morgan fingerprint density at radius 2 is 1.75 bits per heavy atom. The molecule has 2 amide bonds. The molecule has 7 heteroatoms. The normalized spacial score (nSPS) is 16.3. The summed E-state index contributed by atoms with van der Waals surface area (Å²) in [5.74, 6) is -0.365. The fourth-order valence-corrected chi connectivity index (χ4v) is 3.68. The van der Waals surface area contributed by atoms with Gasteiger partial charge in [0.25, 0.3) is 11.1 Å². The Kier molecular flexibility index (Phi) is 5.21. The predicted molar refractivity (Wildman–Crippen MR) is 99.4 cm³/mol. The van der Waals surface area contributed by atoms with Gasteiger partial charge in [-0.05, 0) is 47.2 Å². The maximum absolute atomic E-state index is 12.5. The molecule has 2 aromatic rings. The Hall–Kier alpha value is -1.46. The maximum atomic E-state index is 12.5. The third-order valence-electron chi connectivity index (χ3n) is 3.41. The van der Waals surface area contributed by atoms with Crippen molar-refractivity contribution in [3.63, 3.8) is 0 Å². The van der Waals surface area contributed by atoms with Gasteiger partial charge in [-0.2, -0.15) is 0 Å². The van der Waals surface area contributed by atoms with Gasteiger partial charge in [-0.1, -0.05) is 59.1 Å². The van der Waals surface area contributed by atoms with Gasteiger partial charge >= 0.3 is 0 Å². The summed E-state index contributed by atoms with van der Waals surface area (Å²) in [6, 6.07) is 12.1. The monoisotopic (exact) mass is 397 g/mol. The lowest BCUT2D eigenvalue weighted by molar-refractivity contribution is -0.123. The van der Waals surface area contributed by atoms with Gasteiger partial charge in [-0.25, -0.2) is 0 Å². The zero-order valence-corrected chi connectivity index (χ0v) is 15.2. The van der Waals surface area contributed by atoms with Crippen LogP contribution in [0.4, 0.5) is 4.79 Å². The Morgan fingerprint density at radius 1 is 1.00 bits per heavy atom. The molecule has 0 aromatic heterocycles. The number of nitrogens with zero attached hydrogens (tertiary/aromatic N) is 1. The molecule has 0 saturated carbocycles. The number of hydrogen-bond acceptors (Lipinski definition) is 3. The largest absolute Gasteiger partial charge is 0.293 e. The molecule has 122 valence electrons. The second-order valence-corrected chi connectivity index (χ2v) is 7.27. The molecule has 0 atom stereocenters. The summed E-state index contributed by atoms with van der Waals surface area (Å²) >= 11 is 19.0. The van der Waals surface area contributed by atoms with E-state index in [0.29, 0.717) is 31.1 Å². The van der Waals surface area contributed by atoms with E-state index in [2.05, 4.69) is 0 Å². The van der Waals surface area contributed by atoms with E-state index in [9.17, 15) is 9.59 Å². The van der Waals surface area contributed by atoms with E-state index >= 15 is 0 Å². The standard InChI is InChI=1S/C17H10Cl3NO2S/c18-12-6-5-11(14(20)8-12)9-21-16(22)15(24-17(21)23)7-10-3-1-2-4-13(10)19/h1-8H,9H2/b15-7-. The minimum Gasteiger partial charge on any atom is -0.268 e. The fourth-order valence-electron chi connectivity index (χ4n) is 2.19. The fraction of sp³-hybridized carbons (Fsp3) is 0.0588. The minimum atomic E-state index is -0.365. The van der Waals surface area contributed by atoms with E-state index in [-0.39, 0.29) is 17.7 Å². The first-order valence-corrected chi connectivity index (χ1v) is 8.84. The SMILES string of the molecule is O=C1S/C(=C\c2ccccc2Cl)C(=O)N1Cc1ccc(Cl)cc1Cl. The Morgan fingerprint density at radius 3 is 2.46 bits per heavy atom. The van der Waals surface area contributed by atoms with Crippen LogP contribution in [0, 0.1) is 0 Å². The predicted octanol–water partition coefficient (Wildman–Crippen LogP) is 5.88. The highest BCUT2D eigenvalue weighted by molar-refractivity contribution is 8.18. The van der Waals surface area contributed by atoms with Gasteiger partial charge in [0.15, 0.2) is 0 Å². The number of rotatable bonds is 3. The van der Waals surface area contributed by atoms with Crippen molar-refractivity contribution in [2.45, 2.75) is 6.54 Å². The van der Waals surface area contributed by atoms with Gasteiger partial charge in [0, 0.05) is 15.1 Å². The first-order valence-electron chi connectivity index (χ1n) is 6.89. The molecule has 0 N–H and O–H groups in total. The van der Waals surface area contributed by atoms with E-state index in [1.165, 1.54) is 0 Å². The van der Waals surface area contributed by atoms with Crippen molar-refractivity contribution in [2.75, 3.05) is 0 Å². The van der Waals surface area contributed by atoms with Gasteiger partial charge in [0.2, 0.25) is 0 Å². The molecule has 1 fully saturated rings. The number of hydrogen-bond donors (Lipinski definition) is 0. The number of carbonyl (C=O) groups excluding carboxylic acids is 2. The number of benzene rings is 2. The molecule has 1 aliphatic heterocycles. The molecule has 3 nitrogen and oxygen atoms in total. The smallest absolute Gasteiger partial charge is 0.268 e. The average Bonchev–Trinajstić information content (AvgIpc) is 2.79. The highest BCUT2D eigenvalue weighted by atomic mass is 35.5. The molecule has 24 heavy (non-hydrogen) atoms. The van der Waals surface area contributed by atoms with Crippen LogP contribution < -0.4 is 0 Å². The highest BCUT2D eigenvalue weighted by Gasteiger charge is 2.35. The molecule has 1 heterocycles. The molecule has 3 rings (SSSR count). The second kappa shape index (κ2) is 7.19.